The molecule has 12 rings (SSSR count). The van der Waals surface area contributed by atoms with Gasteiger partial charge in [-0.25, -0.2) is 0 Å². The van der Waals surface area contributed by atoms with Crippen molar-refractivity contribution in [3.05, 3.63) is 188 Å². The Morgan fingerprint density at radius 2 is 0.667 bits per heavy atom. The predicted octanol–water partition coefficient (Wildman–Crippen LogP) is 13.4. The van der Waals surface area contributed by atoms with Gasteiger partial charge in [-0.3, -0.25) is 9.13 Å². The summed E-state index contributed by atoms with van der Waals surface area (Å²) < 4.78 is 6.98. The Bertz CT molecular complexity index is 3280. The number of benzene rings is 8. The zero-order chi connectivity index (χ0) is 37.5. The van der Waals surface area contributed by atoms with Gasteiger partial charge in [-0.1, -0.05) is 152 Å². The molecule has 0 N–H and O–H groups in total. The van der Waals surface area contributed by atoms with E-state index in [1.807, 2.05) is 11.3 Å². The lowest BCUT2D eigenvalue weighted by atomic mass is 9.99. The summed E-state index contributed by atoms with van der Waals surface area (Å²) in [5, 5.41) is 7.27. The van der Waals surface area contributed by atoms with Crippen LogP contribution in [-0.2, 0) is 0 Å². The molecule has 0 radical (unpaired) electrons. The van der Waals surface area contributed by atoms with Crippen molar-refractivity contribution in [2.75, 3.05) is 0 Å². The molecule has 57 heavy (non-hydrogen) atoms. The van der Waals surface area contributed by atoms with Gasteiger partial charge in [0.2, 0.25) is 11.9 Å². The SMILES string of the molecule is c1ccc2c(c1)sc1cc(-c3ccc(-c4ccc(-c5nc(-n6c7ccccc7c7ccccc76)nc(-n6c7ccccc7c7ccccc76)n5)cc4)cc3)ccc12. The molecule has 0 atom stereocenters. The normalized spacial score (nSPS) is 11.9. The van der Waals surface area contributed by atoms with Crippen LogP contribution in [0, 0.1) is 0 Å². The number of aromatic nitrogens is 5. The van der Waals surface area contributed by atoms with Crippen LogP contribution in [0.3, 0.4) is 0 Å². The molecule has 0 saturated heterocycles. The van der Waals surface area contributed by atoms with Crippen molar-refractivity contribution in [3.8, 4) is 45.5 Å². The summed E-state index contributed by atoms with van der Waals surface area (Å²) in [5.74, 6) is 1.75. The number of thiophene rings is 1. The Labute approximate surface area is 331 Å². The van der Waals surface area contributed by atoms with Gasteiger partial charge in [-0.2, -0.15) is 15.0 Å². The first-order chi connectivity index (χ1) is 28.2. The fourth-order valence-corrected chi connectivity index (χ4v) is 9.68. The standard InChI is InChI=1S/C51H31N5S/c1-6-16-43-37(11-1)38-12-2-7-17-44(38)55(43)50-52-49(53-51(54-50)56-45-18-8-3-13-39(45)40-14-4-9-19-46(40)56)35-27-25-33(26-28-35)32-21-23-34(24-22-32)36-29-30-42-41-15-5-10-20-47(41)57-48(42)31-36/h1-31H. The van der Waals surface area contributed by atoms with Crippen molar-refractivity contribution in [1.29, 1.82) is 0 Å². The molecule has 8 aromatic carbocycles. The summed E-state index contributed by atoms with van der Waals surface area (Å²) in [5.41, 5.74) is 9.82. The van der Waals surface area contributed by atoms with Gasteiger partial charge in [0.1, 0.15) is 0 Å². The van der Waals surface area contributed by atoms with E-state index in [9.17, 15) is 0 Å². The van der Waals surface area contributed by atoms with E-state index in [-0.39, 0.29) is 0 Å². The highest BCUT2D eigenvalue weighted by molar-refractivity contribution is 7.25. The lowest BCUT2D eigenvalue weighted by Gasteiger charge is -2.13. The van der Waals surface area contributed by atoms with Gasteiger partial charge >= 0.3 is 0 Å². The minimum atomic E-state index is 0.572. The molecule has 0 saturated carbocycles. The Kier molecular flexibility index (Phi) is 7.03. The summed E-state index contributed by atoms with van der Waals surface area (Å²) in [6, 6.07) is 66.8. The summed E-state index contributed by atoms with van der Waals surface area (Å²) >= 11 is 1.85. The molecule has 6 heteroatoms. The van der Waals surface area contributed by atoms with Crippen LogP contribution in [-0.4, -0.2) is 24.1 Å². The average molecular weight is 746 g/mol. The minimum Gasteiger partial charge on any atom is -0.278 e. The molecule has 0 aliphatic carbocycles. The third-order valence-corrected chi connectivity index (χ3v) is 12.4. The quantitative estimate of drug-likeness (QED) is 0.176. The molecule has 4 aromatic heterocycles. The van der Waals surface area contributed by atoms with E-state index in [4.69, 9.17) is 15.0 Å². The van der Waals surface area contributed by atoms with Crippen LogP contribution < -0.4 is 0 Å². The zero-order valence-electron chi connectivity index (χ0n) is 30.5. The second-order valence-corrected chi connectivity index (χ2v) is 15.5. The molecule has 0 fully saturated rings. The minimum absolute atomic E-state index is 0.572. The van der Waals surface area contributed by atoms with Crippen molar-refractivity contribution in [3.63, 3.8) is 0 Å². The summed E-state index contributed by atoms with van der Waals surface area (Å²) in [6.45, 7) is 0. The van der Waals surface area contributed by atoms with Crippen molar-refractivity contribution in [2.24, 2.45) is 0 Å². The zero-order valence-corrected chi connectivity index (χ0v) is 31.4. The number of nitrogens with zero attached hydrogens (tertiary/aromatic N) is 5. The number of hydrogen-bond acceptors (Lipinski definition) is 4. The van der Waals surface area contributed by atoms with Crippen LogP contribution in [0.2, 0.25) is 0 Å². The lowest BCUT2D eigenvalue weighted by molar-refractivity contribution is 0.893. The summed E-state index contributed by atoms with van der Waals surface area (Å²) in [6.07, 6.45) is 0. The topological polar surface area (TPSA) is 48.5 Å². The first-order valence-electron chi connectivity index (χ1n) is 19.1. The molecule has 4 heterocycles. The second-order valence-electron chi connectivity index (χ2n) is 14.5. The number of rotatable bonds is 5. The molecule has 5 nitrogen and oxygen atoms in total. The van der Waals surface area contributed by atoms with Crippen molar-refractivity contribution < 1.29 is 0 Å². The van der Waals surface area contributed by atoms with Gasteiger partial charge < -0.3 is 0 Å². The fourth-order valence-electron chi connectivity index (χ4n) is 8.53. The third kappa shape index (κ3) is 5.04. The van der Waals surface area contributed by atoms with Gasteiger partial charge in [-0.05, 0) is 58.7 Å². The van der Waals surface area contributed by atoms with E-state index in [2.05, 4.69) is 197 Å². The van der Waals surface area contributed by atoms with E-state index in [1.54, 1.807) is 0 Å². The molecule has 0 bridgehead atoms. The first-order valence-corrected chi connectivity index (χ1v) is 19.9. The highest BCUT2D eigenvalue weighted by atomic mass is 32.1. The largest absolute Gasteiger partial charge is 0.278 e. The van der Waals surface area contributed by atoms with E-state index in [0.717, 1.165) is 60.3 Å². The highest BCUT2D eigenvalue weighted by Crippen LogP contribution is 2.38. The van der Waals surface area contributed by atoms with E-state index in [1.165, 1.54) is 31.3 Å². The summed E-state index contributed by atoms with van der Waals surface area (Å²) in [7, 11) is 0. The molecule has 0 aliphatic rings. The maximum Gasteiger partial charge on any atom is 0.240 e. The monoisotopic (exact) mass is 745 g/mol. The molecular formula is C51H31N5S. The molecule has 266 valence electrons. The fraction of sp³-hybridized carbons (Fsp3) is 0. The van der Waals surface area contributed by atoms with Crippen LogP contribution in [0.5, 0.6) is 0 Å². The van der Waals surface area contributed by atoms with Crippen LogP contribution in [0.15, 0.2) is 188 Å². The highest BCUT2D eigenvalue weighted by Gasteiger charge is 2.20. The van der Waals surface area contributed by atoms with Crippen LogP contribution in [0.25, 0.3) is 109 Å². The predicted molar refractivity (Wildman–Crippen MR) is 238 cm³/mol. The van der Waals surface area contributed by atoms with Crippen molar-refractivity contribution >= 4 is 75.1 Å². The smallest absolute Gasteiger partial charge is 0.240 e. The van der Waals surface area contributed by atoms with E-state index >= 15 is 0 Å². The maximum absolute atomic E-state index is 5.27. The van der Waals surface area contributed by atoms with Crippen molar-refractivity contribution in [2.45, 2.75) is 0 Å². The van der Waals surface area contributed by atoms with Gasteiger partial charge in [0.05, 0.1) is 22.1 Å². The van der Waals surface area contributed by atoms with E-state index in [0.29, 0.717) is 17.7 Å². The van der Waals surface area contributed by atoms with E-state index < -0.39 is 0 Å². The average Bonchev–Trinajstić information content (AvgIpc) is 3.94. The molecule has 12 aromatic rings. The third-order valence-electron chi connectivity index (χ3n) is 11.2. The molecule has 0 aliphatic heterocycles. The first kappa shape index (κ1) is 31.9. The van der Waals surface area contributed by atoms with Gasteiger partial charge in [0.25, 0.3) is 0 Å². The lowest BCUT2D eigenvalue weighted by Crippen LogP contribution is -2.10. The van der Waals surface area contributed by atoms with Gasteiger partial charge in [-0.15, -0.1) is 11.3 Å². The van der Waals surface area contributed by atoms with Crippen LogP contribution in [0.1, 0.15) is 0 Å². The van der Waals surface area contributed by atoms with Crippen molar-refractivity contribution in [1.82, 2.24) is 24.1 Å². The number of para-hydroxylation sites is 4. The maximum atomic E-state index is 5.27. The van der Waals surface area contributed by atoms with Crippen LogP contribution in [0.4, 0.5) is 0 Å². The number of hydrogen-bond donors (Lipinski definition) is 0. The molecular weight excluding hydrogens is 715 g/mol. The Morgan fingerprint density at radius 3 is 1.16 bits per heavy atom. The molecule has 0 spiro atoms. The summed E-state index contributed by atoms with van der Waals surface area (Å²) in [4.78, 5) is 15.7. The second kappa shape index (κ2) is 12.6. The Morgan fingerprint density at radius 1 is 0.298 bits per heavy atom. The molecule has 0 unspecified atom stereocenters. The number of fused-ring (bicyclic) bond motifs is 9. The molecule has 0 amide bonds. The Balaban J connectivity index is 0.973. The van der Waals surface area contributed by atoms with Crippen LogP contribution >= 0.6 is 11.3 Å². The van der Waals surface area contributed by atoms with Gasteiger partial charge in [0, 0.05) is 47.3 Å². The Hall–Kier alpha value is -7.41. The van der Waals surface area contributed by atoms with Gasteiger partial charge in [0.15, 0.2) is 5.82 Å².